The van der Waals surface area contributed by atoms with E-state index in [-0.39, 0.29) is 18.1 Å². The maximum absolute atomic E-state index is 12.0. The molecule has 7 nitrogen and oxygen atoms in total. The number of carbonyl (C=O) groups is 2. The van der Waals surface area contributed by atoms with E-state index in [9.17, 15) is 14.4 Å². The molecule has 0 unspecified atom stereocenters. The first-order chi connectivity index (χ1) is 11.5. The van der Waals surface area contributed by atoms with E-state index >= 15 is 0 Å². The van der Waals surface area contributed by atoms with Gasteiger partial charge in [0.05, 0.1) is 7.11 Å². The third-order valence-electron chi connectivity index (χ3n) is 3.16. The summed E-state index contributed by atoms with van der Waals surface area (Å²) in [5, 5.41) is 2.36. The van der Waals surface area contributed by atoms with Crippen molar-refractivity contribution in [2.24, 2.45) is 0 Å². The van der Waals surface area contributed by atoms with E-state index in [0.717, 1.165) is 17.9 Å². The number of benzene rings is 1. The summed E-state index contributed by atoms with van der Waals surface area (Å²) >= 11 is 0. The summed E-state index contributed by atoms with van der Waals surface area (Å²) in [6.07, 6.45) is 1.07. The quantitative estimate of drug-likeness (QED) is 0.806. The molecule has 1 heterocycles. The number of hydrogen-bond donors (Lipinski definition) is 1. The van der Waals surface area contributed by atoms with Crippen LogP contribution in [0, 0.1) is 0 Å². The van der Waals surface area contributed by atoms with Crippen molar-refractivity contribution in [3.05, 3.63) is 64.2 Å². The highest BCUT2D eigenvalue weighted by atomic mass is 16.5. The van der Waals surface area contributed by atoms with Gasteiger partial charge in [-0.05, 0) is 12.5 Å². The van der Waals surface area contributed by atoms with Crippen LogP contribution in [0.3, 0.4) is 0 Å². The van der Waals surface area contributed by atoms with Crippen molar-refractivity contribution in [2.75, 3.05) is 7.11 Å². The average molecular weight is 331 g/mol. The number of esters is 1. The normalized spacial score (nSPS) is 11.4. The highest BCUT2D eigenvalue weighted by Crippen LogP contribution is 2.09. The Labute approximate surface area is 138 Å². The van der Waals surface area contributed by atoms with Crippen molar-refractivity contribution in [2.45, 2.75) is 19.6 Å². The fraction of sp³-hybridized carbons (Fsp3) is 0.235. The molecule has 24 heavy (non-hydrogen) atoms. The van der Waals surface area contributed by atoms with Gasteiger partial charge in [-0.2, -0.15) is 0 Å². The molecular formula is C17H17NO6. The van der Waals surface area contributed by atoms with Crippen molar-refractivity contribution in [3.63, 3.8) is 0 Å². The lowest BCUT2D eigenvalue weighted by atomic mass is 10.2. The zero-order valence-electron chi connectivity index (χ0n) is 13.3. The fourth-order valence-electron chi connectivity index (χ4n) is 1.86. The highest BCUT2D eigenvalue weighted by molar-refractivity contribution is 5.94. The first kappa shape index (κ1) is 17.3. The Morgan fingerprint density at radius 1 is 1.25 bits per heavy atom. The Bertz CT molecular complexity index is 768. The summed E-state index contributed by atoms with van der Waals surface area (Å²) in [6, 6.07) is 9.46. The molecule has 1 aromatic carbocycles. The standard InChI is InChI=1S/C17H17NO6/c1-11(17(21)22-2)18-16(20)14-8-13(19)15(10-24-14)23-9-12-6-4-3-5-7-12/h3-8,10-11H,9H2,1-2H3,(H,18,20)/t11-/m0/s1. The molecule has 0 saturated heterocycles. The molecule has 1 atom stereocenters. The maximum atomic E-state index is 12.0. The molecule has 1 aromatic heterocycles. The van der Waals surface area contributed by atoms with Crippen LogP contribution in [-0.2, 0) is 16.1 Å². The second-order valence-electron chi connectivity index (χ2n) is 4.97. The molecule has 7 heteroatoms. The van der Waals surface area contributed by atoms with Crippen LogP contribution in [0.15, 0.2) is 51.9 Å². The van der Waals surface area contributed by atoms with Crippen molar-refractivity contribution < 1.29 is 23.5 Å². The number of rotatable bonds is 6. The second kappa shape index (κ2) is 7.96. The number of nitrogens with one attached hydrogen (secondary N) is 1. The number of hydrogen-bond acceptors (Lipinski definition) is 6. The molecule has 0 aliphatic carbocycles. The summed E-state index contributed by atoms with van der Waals surface area (Å²) in [5.74, 6) is -1.52. The molecule has 0 aliphatic heterocycles. The molecular weight excluding hydrogens is 314 g/mol. The third-order valence-corrected chi connectivity index (χ3v) is 3.16. The van der Waals surface area contributed by atoms with E-state index in [1.807, 2.05) is 30.3 Å². The zero-order valence-corrected chi connectivity index (χ0v) is 13.3. The first-order valence-corrected chi connectivity index (χ1v) is 7.19. The van der Waals surface area contributed by atoms with Crippen LogP contribution in [-0.4, -0.2) is 25.0 Å². The molecule has 1 N–H and O–H groups in total. The van der Waals surface area contributed by atoms with Gasteiger partial charge in [0.25, 0.3) is 5.91 Å². The van der Waals surface area contributed by atoms with Gasteiger partial charge < -0.3 is 19.2 Å². The van der Waals surface area contributed by atoms with Gasteiger partial charge in [-0.1, -0.05) is 30.3 Å². The lowest BCUT2D eigenvalue weighted by molar-refractivity contribution is -0.142. The van der Waals surface area contributed by atoms with Crippen molar-refractivity contribution in [3.8, 4) is 5.75 Å². The molecule has 126 valence electrons. The molecule has 2 aromatic rings. The van der Waals surface area contributed by atoms with E-state index in [1.54, 1.807) is 0 Å². The number of carbonyl (C=O) groups excluding carboxylic acids is 2. The van der Waals surface area contributed by atoms with Gasteiger partial charge in [0.2, 0.25) is 11.2 Å². The van der Waals surface area contributed by atoms with Gasteiger partial charge in [-0.3, -0.25) is 9.59 Å². The van der Waals surface area contributed by atoms with Crippen LogP contribution in [0.1, 0.15) is 23.0 Å². The Kier molecular flexibility index (Phi) is 5.73. The summed E-state index contributed by atoms with van der Waals surface area (Å²) in [6.45, 7) is 1.66. The van der Waals surface area contributed by atoms with E-state index in [0.29, 0.717) is 0 Å². The zero-order chi connectivity index (χ0) is 17.5. The number of ether oxygens (including phenoxy) is 2. The predicted octanol–water partition coefficient (Wildman–Crippen LogP) is 1.51. The minimum Gasteiger partial charge on any atom is -0.482 e. The fourth-order valence-corrected chi connectivity index (χ4v) is 1.86. The van der Waals surface area contributed by atoms with Crippen LogP contribution in [0.4, 0.5) is 0 Å². The van der Waals surface area contributed by atoms with Crippen LogP contribution >= 0.6 is 0 Å². The van der Waals surface area contributed by atoms with Crippen LogP contribution < -0.4 is 15.5 Å². The van der Waals surface area contributed by atoms with E-state index < -0.39 is 23.3 Å². The van der Waals surface area contributed by atoms with Crippen molar-refractivity contribution in [1.82, 2.24) is 5.32 Å². The first-order valence-electron chi connectivity index (χ1n) is 7.19. The van der Waals surface area contributed by atoms with Gasteiger partial charge in [0.1, 0.15) is 18.9 Å². The van der Waals surface area contributed by atoms with Gasteiger partial charge in [0, 0.05) is 6.07 Å². The van der Waals surface area contributed by atoms with Crippen molar-refractivity contribution in [1.29, 1.82) is 0 Å². The van der Waals surface area contributed by atoms with Crippen molar-refractivity contribution >= 4 is 11.9 Å². The van der Waals surface area contributed by atoms with Gasteiger partial charge in [0.15, 0.2) is 5.76 Å². The molecule has 0 fully saturated rings. The monoisotopic (exact) mass is 331 g/mol. The summed E-state index contributed by atoms with van der Waals surface area (Å²) in [4.78, 5) is 35.2. The molecule has 0 radical (unpaired) electrons. The highest BCUT2D eigenvalue weighted by Gasteiger charge is 2.19. The predicted molar refractivity (Wildman–Crippen MR) is 84.7 cm³/mol. The SMILES string of the molecule is COC(=O)[C@H](C)NC(=O)c1cc(=O)c(OCc2ccccc2)co1. The van der Waals surface area contributed by atoms with E-state index in [2.05, 4.69) is 10.1 Å². The largest absolute Gasteiger partial charge is 0.482 e. The lowest BCUT2D eigenvalue weighted by Gasteiger charge is -2.11. The number of methoxy groups -OCH3 is 1. The molecule has 0 aliphatic rings. The van der Waals surface area contributed by atoms with E-state index in [1.165, 1.54) is 14.0 Å². The Morgan fingerprint density at radius 2 is 1.96 bits per heavy atom. The van der Waals surface area contributed by atoms with Crippen LogP contribution in [0.2, 0.25) is 0 Å². The maximum Gasteiger partial charge on any atom is 0.328 e. The Balaban J connectivity index is 2.02. The topological polar surface area (TPSA) is 94.8 Å². The smallest absolute Gasteiger partial charge is 0.328 e. The molecule has 0 bridgehead atoms. The molecule has 2 rings (SSSR count). The van der Waals surface area contributed by atoms with Crippen LogP contribution in [0.5, 0.6) is 5.75 Å². The third kappa shape index (κ3) is 4.45. The molecule has 1 amide bonds. The number of amides is 1. The summed E-state index contributed by atoms with van der Waals surface area (Å²) in [7, 11) is 1.21. The van der Waals surface area contributed by atoms with Gasteiger partial charge in [-0.25, -0.2) is 4.79 Å². The second-order valence-corrected chi connectivity index (χ2v) is 4.97. The Morgan fingerprint density at radius 3 is 2.58 bits per heavy atom. The Hall–Kier alpha value is -3.09. The lowest BCUT2D eigenvalue weighted by Crippen LogP contribution is -2.39. The summed E-state index contributed by atoms with van der Waals surface area (Å²) in [5.41, 5.74) is 0.402. The van der Waals surface area contributed by atoms with Crippen LogP contribution in [0.25, 0.3) is 0 Å². The minimum atomic E-state index is -0.859. The van der Waals surface area contributed by atoms with Gasteiger partial charge >= 0.3 is 5.97 Å². The molecule has 0 spiro atoms. The van der Waals surface area contributed by atoms with Gasteiger partial charge in [-0.15, -0.1) is 0 Å². The minimum absolute atomic E-state index is 0.00332. The summed E-state index contributed by atoms with van der Waals surface area (Å²) < 4.78 is 15.0. The molecule has 0 saturated carbocycles. The van der Waals surface area contributed by atoms with E-state index in [4.69, 9.17) is 9.15 Å². The average Bonchev–Trinajstić information content (AvgIpc) is 2.60.